The van der Waals surface area contributed by atoms with Crippen LogP contribution in [-0.2, 0) is 7.05 Å². The van der Waals surface area contributed by atoms with Crippen molar-refractivity contribution in [2.75, 3.05) is 5.32 Å². The molecule has 0 aliphatic heterocycles. The number of hydrogen-bond acceptors (Lipinski definition) is 2. The molecule has 2 aromatic rings. The highest BCUT2D eigenvalue weighted by atomic mass is 16.1. The van der Waals surface area contributed by atoms with Crippen LogP contribution in [0.4, 0.5) is 5.69 Å². The van der Waals surface area contributed by atoms with Crippen LogP contribution < -0.4 is 5.32 Å². The lowest BCUT2D eigenvalue weighted by Crippen LogP contribution is -2.14. The monoisotopic (exact) mass is 243 g/mol. The third kappa shape index (κ3) is 2.59. The molecule has 0 saturated heterocycles. The predicted molar refractivity (Wildman–Crippen MR) is 71.7 cm³/mol. The average molecular weight is 243 g/mol. The lowest BCUT2D eigenvalue weighted by Gasteiger charge is -2.11. The molecular weight excluding hydrogens is 226 g/mol. The van der Waals surface area contributed by atoms with Crippen molar-refractivity contribution in [1.82, 2.24) is 9.78 Å². The molecule has 0 spiro atoms. The Morgan fingerprint density at radius 3 is 2.67 bits per heavy atom. The molecular formula is C14H17N3O. The van der Waals surface area contributed by atoms with Gasteiger partial charge in [0.1, 0.15) is 0 Å². The normalized spacial score (nSPS) is 10.7. The summed E-state index contributed by atoms with van der Waals surface area (Å²) in [5, 5.41) is 6.87. The molecule has 4 nitrogen and oxygen atoms in total. The zero-order valence-electron chi connectivity index (χ0n) is 10.8. The van der Waals surface area contributed by atoms with E-state index in [1.54, 1.807) is 17.1 Å². The van der Waals surface area contributed by atoms with Gasteiger partial charge < -0.3 is 5.32 Å². The van der Waals surface area contributed by atoms with Crippen molar-refractivity contribution < 1.29 is 4.79 Å². The molecule has 0 unspecified atom stereocenters. The summed E-state index contributed by atoms with van der Waals surface area (Å²) in [5.41, 5.74) is 2.48. The van der Waals surface area contributed by atoms with Gasteiger partial charge in [0.15, 0.2) is 0 Å². The second-order valence-corrected chi connectivity index (χ2v) is 4.60. The Morgan fingerprint density at radius 2 is 2.06 bits per heavy atom. The highest BCUT2D eigenvalue weighted by Gasteiger charge is 2.13. The second kappa shape index (κ2) is 5.04. The molecule has 1 heterocycles. The molecule has 94 valence electrons. The molecule has 1 N–H and O–H groups in total. The zero-order chi connectivity index (χ0) is 13.1. The number of aromatic nitrogens is 2. The molecule has 2 rings (SSSR count). The van der Waals surface area contributed by atoms with Gasteiger partial charge in [0.05, 0.1) is 11.9 Å². The number of benzene rings is 1. The van der Waals surface area contributed by atoms with E-state index in [-0.39, 0.29) is 5.91 Å². The largest absolute Gasteiger partial charge is 0.319 e. The van der Waals surface area contributed by atoms with E-state index in [1.807, 2.05) is 31.3 Å². The van der Waals surface area contributed by atoms with Gasteiger partial charge in [-0.3, -0.25) is 9.48 Å². The molecule has 0 fully saturated rings. The minimum absolute atomic E-state index is 0.0905. The fourth-order valence-corrected chi connectivity index (χ4v) is 1.89. The highest BCUT2D eigenvalue weighted by Crippen LogP contribution is 2.20. The number of aryl methyl sites for hydroxylation is 1. The number of nitrogens with one attached hydrogen (secondary N) is 1. The van der Waals surface area contributed by atoms with Crippen molar-refractivity contribution in [2.45, 2.75) is 19.8 Å². The van der Waals surface area contributed by atoms with Crippen LogP contribution in [0.15, 0.2) is 36.7 Å². The third-order valence-corrected chi connectivity index (χ3v) is 2.79. The number of amides is 1. The molecule has 0 aliphatic carbocycles. The number of carbonyl (C=O) groups excluding carboxylic acids is 1. The maximum absolute atomic E-state index is 12.2. The molecule has 1 aromatic heterocycles. The number of hydrogen-bond donors (Lipinski definition) is 1. The first-order chi connectivity index (χ1) is 8.58. The van der Waals surface area contributed by atoms with E-state index in [4.69, 9.17) is 0 Å². The second-order valence-electron chi connectivity index (χ2n) is 4.60. The molecule has 0 atom stereocenters. The summed E-state index contributed by atoms with van der Waals surface area (Å²) in [6.45, 7) is 4.16. The minimum atomic E-state index is -0.0905. The molecule has 1 amide bonds. The summed E-state index contributed by atoms with van der Waals surface area (Å²) in [6.07, 6.45) is 3.41. The minimum Gasteiger partial charge on any atom is -0.319 e. The topological polar surface area (TPSA) is 46.9 Å². The predicted octanol–water partition coefficient (Wildman–Crippen LogP) is 2.80. The van der Waals surface area contributed by atoms with E-state index < -0.39 is 0 Å². The maximum Gasteiger partial charge on any atom is 0.256 e. The molecule has 1 aromatic carbocycles. The zero-order valence-corrected chi connectivity index (χ0v) is 10.8. The number of nitrogens with zero attached hydrogens (tertiary/aromatic N) is 2. The standard InChI is InChI=1S/C14H17N3O/c1-10(2)12-6-4-5-7-13(12)14(18)16-11-8-15-17(3)9-11/h4-10H,1-3H3,(H,16,18). The Kier molecular flexibility index (Phi) is 3.46. The molecule has 4 heteroatoms. The van der Waals surface area contributed by atoms with Crippen LogP contribution in [0.25, 0.3) is 0 Å². The molecule has 0 bridgehead atoms. The number of carbonyl (C=O) groups is 1. The van der Waals surface area contributed by atoms with E-state index in [0.717, 1.165) is 11.1 Å². The van der Waals surface area contributed by atoms with E-state index >= 15 is 0 Å². The van der Waals surface area contributed by atoms with Crippen LogP contribution in [0.5, 0.6) is 0 Å². The summed E-state index contributed by atoms with van der Waals surface area (Å²) < 4.78 is 1.66. The maximum atomic E-state index is 12.2. The smallest absolute Gasteiger partial charge is 0.256 e. The van der Waals surface area contributed by atoms with Gasteiger partial charge in [-0.15, -0.1) is 0 Å². The summed E-state index contributed by atoms with van der Waals surface area (Å²) >= 11 is 0. The Bertz CT molecular complexity index is 558. The van der Waals surface area contributed by atoms with Crippen LogP contribution in [0, 0.1) is 0 Å². The molecule has 0 saturated carbocycles. The van der Waals surface area contributed by atoms with Gasteiger partial charge in [0.2, 0.25) is 0 Å². The average Bonchev–Trinajstić information content (AvgIpc) is 2.74. The fraction of sp³-hybridized carbons (Fsp3) is 0.286. The van der Waals surface area contributed by atoms with Gasteiger partial charge in [-0.1, -0.05) is 32.0 Å². The Hall–Kier alpha value is -2.10. The van der Waals surface area contributed by atoms with Gasteiger partial charge in [-0.05, 0) is 17.5 Å². The lowest BCUT2D eigenvalue weighted by molar-refractivity contribution is 0.102. The van der Waals surface area contributed by atoms with Crippen molar-refractivity contribution >= 4 is 11.6 Å². The molecule has 0 aliphatic rings. The van der Waals surface area contributed by atoms with Crippen LogP contribution in [0.1, 0.15) is 35.7 Å². The third-order valence-electron chi connectivity index (χ3n) is 2.79. The van der Waals surface area contributed by atoms with E-state index in [9.17, 15) is 4.79 Å². The molecule has 18 heavy (non-hydrogen) atoms. The summed E-state index contributed by atoms with van der Waals surface area (Å²) in [7, 11) is 1.82. The van der Waals surface area contributed by atoms with Crippen LogP contribution >= 0.6 is 0 Å². The molecule has 0 radical (unpaired) electrons. The summed E-state index contributed by atoms with van der Waals surface area (Å²) in [4.78, 5) is 12.2. The Labute approximate surface area is 107 Å². The van der Waals surface area contributed by atoms with Gasteiger partial charge >= 0.3 is 0 Å². The van der Waals surface area contributed by atoms with Crippen LogP contribution in [0.3, 0.4) is 0 Å². The van der Waals surface area contributed by atoms with Crippen molar-refractivity contribution in [2.24, 2.45) is 7.05 Å². The first-order valence-electron chi connectivity index (χ1n) is 5.97. The lowest BCUT2D eigenvalue weighted by atomic mass is 9.97. The van der Waals surface area contributed by atoms with Crippen molar-refractivity contribution in [1.29, 1.82) is 0 Å². The summed E-state index contributed by atoms with van der Waals surface area (Å²) in [6, 6.07) is 7.67. The number of rotatable bonds is 3. The first kappa shape index (κ1) is 12.4. The van der Waals surface area contributed by atoms with Crippen molar-refractivity contribution in [3.63, 3.8) is 0 Å². The Morgan fingerprint density at radius 1 is 1.33 bits per heavy atom. The van der Waals surface area contributed by atoms with Crippen molar-refractivity contribution in [3.8, 4) is 0 Å². The fourth-order valence-electron chi connectivity index (χ4n) is 1.89. The van der Waals surface area contributed by atoms with Crippen LogP contribution in [-0.4, -0.2) is 15.7 Å². The van der Waals surface area contributed by atoms with Gasteiger partial charge in [0.25, 0.3) is 5.91 Å². The quantitative estimate of drug-likeness (QED) is 0.901. The van der Waals surface area contributed by atoms with Gasteiger partial charge in [-0.2, -0.15) is 5.10 Å². The van der Waals surface area contributed by atoms with E-state index in [1.165, 1.54) is 0 Å². The van der Waals surface area contributed by atoms with Gasteiger partial charge in [-0.25, -0.2) is 0 Å². The SMILES string of the molecule is CC(C)c1ccccc1C(=O)Nc1cnn(C)c1. The number of anilines is 1. The van der Waals surface area contributed by atoms with Crippen LogP contribution in [0.2, 0.25) is 0 Å². The highest BCUT2D eigenvalue weighted by molar-refractivity contribution is 6.05. The first-order valence-corrected chi connectivity index (χ1v) is 5.97. The van der Waals surface area contributed by atoms with E-state index in [0.29, 0.717) is 11.6 Å². The van der Waals surface area contributed by atoms with Gasteiger partial charge in [0, 0.05) is 18.8 Å². The van der Waals surface area contributed by atoms with E-state index in [2.05, 4.69) is 24.3 Å². The Balaban J connectivity index is 2.24. The van der Waals surface area contributed by atoms with Crippen molar-refractivity contribution in [3.05, 3.63) is 47.8 Å². The summed E-state index contributed by atoms with van der Waals surface area (Å²) in [5.74, 6) is 0.230.